The number of carbonyl (C=O) groups excluding carboxylic acids is 1. The third kappa shape index (κ3) is 5.01. The molecule has 1 rings (SSSR count). The van der Waals surface area contributed by atoms with E-state index in [1.54, 1.807) is 7.11 Å². The van der Waals surface area contributed by atoms with Crippen molar-refractivity contribution in [1.29, 1.82) is 0 Å². The summed E-state index contributed by atoms with van der Waals surface area (Å²) in [7, 11) is 1.55. The van der Waals surface area contributed by atoms with E-state index in [0.29, 0.717) is 12.4 Å². The molecule has 2 amide bonds. The topological polar surface area (TPSA) is 101 Å². The molecule has 1 heterocycles. The van der Waals surface area contributed by atoms with Gasteiger partial charge in [-0.1, -0.05) is 0 Å². The second kappa shape index (κ2) is 6.24. The van der Waals surface area contributed by atoms with Crippen LogP contribution >= 0.6 is 0 Å². The maximum Gasteiger partial charge on any atom is 0.371 e. The quantitative estimate of drug-likeness (QED) is 0.721. The van der Waals surface area contributed by atoms with Gasteiger partial charge in [-0.15, -0.1) is 0 Å². The van der Waals surface area contributed by atoms with Gasteiger partial charge in [0.05, 0.1) is 18.7 Å². The predicted molar refractivity (Wildman–Crippen MR) is 67.0 cm³/mol. The number of ether oxygens (including phenoxy) is 1. The van der Waals surface area contributed by atoms with Crippen LogP contribution in [-0.2, 0) is 11.3 Å². The number of carboxylic acid groups (broad SMARTS) is 1. The van der Waals surface area contributed by atoms with Crippen molar-refractivity contribution in [2.75, 3.05) is 13.7 Å². The first-order valence-electron chi connectivity index (χ1n) is 5.71. The standard InChI is InChI=1S/C12H18N2O5/c1-12(2,7-18-3)14-11(17)13-6-8-4-5-9(19-8)10(15)16/h4-5H,6-7H2,1-3H3,(H,15,16)(H2,13,14,17). The number of methoxy groups -OCH3 is 1. The molecule has 0 aliphatic carbocycles. The Balaban J connectivity index is 2.43. The number of nitrogens with one attached hydrogen (secondary N) is 2. The molecule has 0 bridgehead atoms. The summed E-state index contributed by atoms with van der Waals surface area (Å²) in [5, 5.41) is 14.0. The summed E-state index contributed by atoms with van der Waals surface area (Å²) in [6.45, 7) is 4.14. The number of aromatic carboxylic acids is 1. The van der Waals surface area contributed by atoms with Gasteiger partial charge in [0.1, 0.15) is 5.76 Å². The lowest BCUT2D eigenvalue weighted by molar-refractivity contribution is 0.0660. The Morgan fingerprint density at radius 3 is 2.63 bits per heavy atom. The third-order valence-electron chi connectivity index (χ3n) is 2.25. The average molecular weight is 270 g/mol. The zero-order valence-corrected chi connectivity index (χ0v) is 11.1. The van der Waals surface area contributed by atoms with E-state index < -0.39 is 11.5 Å². The SMILES string of the molecule is COCC(C)(C)NC(=O)NCc1ccc(C(=O)O)o1. The minimum atomic E-state index is -1.14. The Bertz CT molecular complexity index is 453. The molecule has 106 valence electrons. The first-order chi connectivity index (χ1) is 8.84. The maximum absolute atomic E-state index is 11.6. The summed E-state index contributed by atoms with van der Waals surface area (Å²) in [6, 6.07) is 2.46. The molecule has 7 nitrogen and oxygen atoms in total. The molecule has 0 saturated carbocycles. The highest BCUT2D eigenvalue weighted by Gasteiger charge is 2.20. The molecule has 0 aliphatic heterocycles. The first-order valence-corrected chi connectivity index (χ1v) is 5.71. The summed E-state index contributed by atoms with van der Waals surface area (Å²) in [5.74, 6) is -0.925. The molecule has 19 heavy (non-hydrogen) atoms. The maximum atomic E-state index is 11.6. The van der Waals surface area contributed by atoms with E-state index >= 15 is 0 Å². The lowest BCUT2D eigenvalue weighted by Gasteiger charge is -2.25. The minimum absolute atomic E-state index is 0.113. The van der Waals surface area contributed by atoms with Gasteiger partial charge in [-0.25, -0.2) is 9.59 Å². The molecule has 0 radical (unpaired) electrons. The van der Waals surface area contributed by atoms with Crippen LogP contribution in [0.25, 0.3) is 0 Å². The molecular weight excluding hydrogens is 252 g/mol. The molecule has 1 aromatic rings. The van der Waals surface area contributed by atoms with E-state index in [4.69, 9.17) is 14.3 Å². The third-order valence-corrected chi connectivity index (χ3v) is 2.25. The number of hydrogen-bond acceptors (Lipinski definition) is 4. The van der Waals surface area contributed by atoms with Crippen LogP contribution in [-0.4, -0.2) is 36.4 Å². The number of urea groups is 1. The van der Waals surface area contributed by atoms with E-state index in [0.717, 1.165) is 0 Å². The van der Waals surface area contributed by atoms with Crippen molar-refractivity contribution < 1.29 is 23.8 Å². The highest BCUT2D eigenvalue weighted by atomic mass is 16.5. The van der Waals surface area contributed by atoms with Crippen LogP contribution in [0.5, 0.6) is 0 Å². The molecule has 0 aromatic carbocycles. The van der Waals surface area contributed by atoms with Crippen LogP contribution in [0.15, 0.2) is 16.5 Å². The lowest BCUT2D eigenvalue weighted by Crippen LogP contribution is -2.50. The molecule has 0 unspecified atom stereocenters. The largest absolute Gasteiger partial charge is 0.475 e. The van der Waals surface area contributed by atoms with Gasteiger partial charge < -0.3 is 24.9 Å². The van der Waals surface area contributed by atoms with Gasteiger partial charge in [-0.3, -0.25) is 0 Å². The molecular formula is C12H18N2O5. The lowest BCUT2D eigenvalue weighted by atomic mass is 10.1. The van der Waals surface area contributed by atoms with Crippen LogP contribution < -0.4 is 10.6 Å². The zero-order valence-electron chi connectivity index (χ0n) is 11.1. The summed E-state index contributed by atoms with van der Waals surface area (Å²) in [6.07, 6.45) is 0. The van der Waals surface area contributed by atoms with E-state index in [9.17, 15) is 9.59 Å². The second-order valence-corrected chi connectivity index (χ2v) is 4.70. The molecule has 0 fully saturated rings. The van der Waals surface area contributed by atoms with Gasteiger partial charge in [0.25, 0.3) is 0 Å². The first kappa shape index (κ1) is 15.0. The fourth-order valence-corrected chi connectivity index (χ4v) is 1.50. The number of hydrogen-bond donors (Lipinski definition) is 3. The monoisotopic (exact) mass is 270 g/mol. The van der Waals surface area contributed by atoms with Crippen molar-refractivity contribution in [3.8, 4) is 0 Å². The molecule has 0 saturated heterocycles. The van der Waals surface area contributed by atoms with Gasteiger partial charge >= 0.3 is 12.0 Å². The Labute approximate surface area is 110 Å². The Hall–Kier alpha value is -2.02. The highest BCUT2D eigenvalue weighted by Crippen LogP contribution is 2.07. The van der Waals surface area contributed by atoms with Crippen molar-refractivity contribution >= 4 is 12.0 Å². The Kier molecular flexibility index (Phi) is 4.94. The Morgan fingerprint density at radius 1 is 1.42 bits per heavy atom. The van der Waals surface area contributed by atoms with Crippen molar-refractivity contribution in [1.82, 2.24) is 10.6 Å². The summed E-state index contributed by atoms with van der Waals surface area (Å²) < 4.78 is 9.98. The van der Waals surface area contributed by atoms with E-state index in [2.05, 4.69) is 10.6 Å². The summed E-state index contributed by atoms with van der Waals surface area (Å²) >= 11 is 0. The van der Waals surface area contributed by atoms with Gasteiger partial charge in [-0.05, 0) is 26.0 Å². The van der Waals surface area contributed by atoms with Crippen molar-refractivity contribution in [3.05, 3.63) is 23.7 Å². The van der Waals surface area contributed by atoms with E-state index in [1.807, 2.05) is 13.8 Å². The zero-order chi connectivity index (χ0) is 14.5. The van der Waals surface area contributed by atoms with Crippen LogP contribution in [0.1, 0.15) is 30.2 Å². The number of amides is 2. The highest BCUT2D eigenvalue weighted by molar-refractivity contribution is 5.84. The summed E-state index contributed by atoms with van der Waals surface area (Å²) in [5.41, 5.74) is -0.492. The van der Waals surface area contributed by atoms with Crippen molar-refractivity contribution in [2.45, 2.75) is 25.9 Å². The fraction of sp³-hybridized carbons (Fsp3) is 0.500. The van der Waals surface area contributed by atoms with E-state index in [-0.39, 0.29) is 18.3 Å². The second-order valence-electron chi connectivity index (χ2n) is 4.70. The minimum Gasteiger partial charge on any atom is -0.475 e. The molecule has 7 heteroatoms. The van der Waals surface area contributed by atoms with Crippen molar-refractivity contribution in [3.63, 3.8) is 0 Å². The van der Waals surface area contributed by atoms with Gasteiger partial charge in [-0.2, -0.15) is 0 Å². The number of carboxylic acids is 1. The fourth-order valence-electron chi connectivity index (χ4n) is 1.50. The van der Waals surface area contributed by atoms with E-state index in [1.165, 1.54) is 12.1 Å². The van der Waals surface area contributed by atoms with Gasteiger partial charge in [0.15, 0.2) is 0 Å². The molecule has 0 atom stereocenters. The van der Waals surface area contributed by atoms with Crippen molar-refractivity contribution in [2.24, 2.45) is 0 Å². The molecule has 0 spiro atoms. The predicted octanol–water partition coefficient (Wildman–Crippen LogP) is 1.20. The summed E-state index contributed by atoms with van der Waals surface area (Å²) in [4.78, 5) is 22.2. The normalized spacial score (nSPS) is 11.1. The number of furan rings is 1. The average Bonchev–Trinajstić information content (AvgIpc) is 2.74. The smallest absolute Gasteiger partial charge is 0.371 e. The van der Waals surface area contributed by atoms with Gasteiger partial charge in [0.2, 0.25) is 5.76 Å². The van der Waals surface area contributed by atoms with Crippen LogP contribution in [0.4, 0.5) is 4.79 Å². The molecule has 0 aliphatic rings. The van der Waals surface area contributed by atoms with Crippen LogP contribution in [0, 0.1) is 0 Å². The van der Waals surface area contributed by atoms with Crippen LogP contribution in [0.3, 0.4) is 0 Å². The molecule has 3 N–H and O–H groups in total. The van der Waals surface area contributed by atoms with Gasteiger partial charge in [0, 0.05) is 7.11 Å². The number of carbonyl (C=O) groups is 2. The van der Waals surface area contributed by atoms with Crippen LogP contribution in [0.2, 0.25) is 0 Å². The Morgan fingerprint density at radius 2 is 2.11 bits per heavy atom. The molecule has 1 aromatic heterocycles. The number of rotatable bonds is 6.